The fourth-order valence-corrected chi connectivity index (χ4v) is 5.29. The molecule has 0 bridgehead atoms. The summed E-state index contributed by atoms with van der Waals surface area (Å²) in [5.41, 5.74) is 4.07. The van der Waals surface area contributed by atoms with Crippen molar-refractivity contribution in [2.75, 3.05) is 32.9 Å². The van der Waals surface area contributed by atoms with Crippen LogP contribution in [0.4, 0.5) is 0 Å². The van der Waals surface area contributed by atoms with Crippen LogP contribution in [0.3, 0.4) is 0 Å². The molecular formula is C32H33NO3. The smallest absolute Gasteiger partial charge is 0.102 e. The number of hydrogen-bond acceptors (Lipinski definition) is 4. The van der Waals surface area contributed by atoms with Gasteiger partial charge in [-0.1, -0.05) is 121 Å². The highest BCUT2D eigenvalue weighted by Crippen LogP contribution is 2.43. The van der Waals surface area contributed by atoms with Gasteiger partial charge in [0.05, 0.1) is 31.5 Å². The largest absolute Gasteiger partial charge is 0.386 e. The summed E-state index contributed by atoms with van der Waals surface area (Å²) < 4.78 is 12.1. The normalized spacial score (nSPS) is 17.5. The summed E-state index contributed by atoms with van der Waals surface area (Å²) in [4.78, 5) is 2.53. The Labute approximate surface area is 213 Å². The summed E-state index contributed by atoms with van der Waals surface area (Å²) in [6.45, 7) is 2.78. The third-order valence-corrected chi connectivity index (χ3v) is 6.95. The van der Waals surface area contributed by atoms with E-state index >= 15 is 0 Å². The number of benzene rings is 4. The molecular weight excluding hydrogens is 446 g/mol. The Hall–Kier alpha value is -3.28. The SMILES string of the molecule is O[C@H](COC[C@@H]1CN(C(c2ccccc2)(c2ccccc2)c2ccccc2)CCO1)c1ccccc1. The molecule has 1 fully saturated rings. The Morgan fingerprint density at radius 1 is 0.750 bits per heavy atom. The van der Waals surface area contributed by atoms with E-state index in [1.807, 2.05) is 30.3 Å². The molecule has 1 heterocycles. The zero-order valence-corrected chi connectivity index (χ0v) is 20.4. The minimum absolute atomic E-state index is 0.0998. The van der Waals surface area contributed by atoms with Crippen molar-refractivity contribution in [3.05, 3.63) is 144 Å². The maximum atomic E-state index is 10.5. The van der Waals surface area contributed by atoms with Crippen LogP contribution in [-0.4, -0.2) is 49.0 Å². The van der Waals surface area contributed by atoms with E-state index in [1.54, 1.807) is 0 Å². The minimum Gasteiger partial charge on any atom is -0.386 e. The van der Waals surface area contributed by atoms with Gasteiger partial charge in [0.15, 0.2) is 0 Å². The van der Waals surface area contributed by atoms with Crippen LogP contribution < -0.4 is 0 Å². The van der Waals surface area contributed by atoms with E-state index in [9.17, 15) is 5.11 Å². The molecule has 4 aromatic carbocycles. The second-order valence-corrected chi connectivity index (χ2v) is 9.21. The van der Waals surface area contributed by atoms with Gasteiger partial charge in [-0.05, 0) is 22.3 Å². The van der Waals surface area contributed by atoms with Gasteiger partial charge in [0.25, 0.3) is 0 Å². The number of aliphatic hydroxyl groups excluding tert-OH is 1. The van der Waals surface area contributed by atoms with Gasteiger partial charge in [-0.3, -0.25) is 4.90 Å². The number of ether oxygens (including phenoxy) is 2. The molecule has 0 radical (unpaired) electrons. The van der Waals surface area contributed by atoms with E-state index in [0.29, 0.717) is 19.8 Å². The number of morpholine rings is 1. The average Bonchev–Trinajstić information content (AvgIpc) is 2.96. The first-order valence-corrected chi connectivity index (χ1v) is 12.6. The zero-order valence-electron chi connectivity index (χ0n) is 20.4. The van der Waals surface area contributed by atoms with Crippen LogP contribution >= 0.6 is 0 Å². The lowest BCUT2D eigenvalue weighted by molar-refractivity contribution is -0.0946. The van der Waals surface area contributed by atoms with E-state index in [0.717, 1.165) is 12.1 Å². The Morgan fingerprint density at radius 3 is 1.72 bits per heavy atom. The van der Waals surface area contributed by atoms with Crippen molar-refractivity contribution in [3.8, 4) is 0 Å². The molecule has 1 aliphatic heterocycles. The molecule has 4 nitrogen and oxygen atoms in total. The summed E-state index contributed by atoms with van der Waals surface area (Å²) in [5.74, 6) is 0. The lowest BCUT2D eigenvalue weighted by atomic mass is 9.75. The number of aliphatic hydroxyl groups is 1. The van der Waals surface area contributed by atoms with Gasteiger partial charge in [0.1, 0.15) is 6.10 Å². The maximum Gasteiger partial charge on any atom is 0.102 e. The fourth-order valence-electron chi connectivity index (χ4n) is 5.29. The number of hydrogen-bond donors (Lipinski definition) is 1. The summed E-state index contributed by atoms with van der Waals surface area (Å²) in [6, 6.07) is 41.8. The van der Waals surface area contributed by atoms with Gasteiger partial charge in [-0.15, -0.1) is 0 Å². The van der Waals surface area contributed by atoms with Gasteiger partial charge in [0.2, 0.25) is 0 Å². The first-order chi connectivity index (χ1) is 17.8. The lowest BCUT2D eigenvalue weighted by Crippen LogP contribution is -2.56. The van der Waals surface area contributed by atoms with E-state index in [1.165, 1.54) is 16.7 Å². The first-order valence-electron chi connectivity index (χ1n) is 12.6. The highest BCUT2D eigenvalue weighted by molar-refractivity contribution is 5.49. The molecule has 1 saturated heterocycles. The number of rotatable bonds is 9. The zero-order chi connectivity index (χ0) is 24.6. The van der Waals surface area contributed by atoms with Crippen molar-refractivity contribution >= 4 is 0 Å². The highest BCUT2D eigenvalue weighted by Gasteiger charge is 2.44. The summed E-state index contributed by atoms with van der Waals surface area (Å²) in [7, 11) is 0. The molecule has 0 aliphatic carbocycles. The van der Waals surface area contributed by atoms with Crippen LogP contribution in [0.15, 0.2) is 121 Å². The molecule has 0 aromatic heterocycles. The molecule has 184 valence electrons. The predicted octanol–water partition coefficient (Wildman–Crippen LogP) is 5.43. The van der Waals surface area contributed by atoms with E-state index < -0.39 is 11.6 Å². The first kappa shape index (κ1) is 24.4. The average molecular weight is 480 g/mol. The van der Waals surface area contributed by atoms with Gasteiger partial charge in [-0.2, -0.15) is 0 Å². The molecule has 1 N–H and O–H groups in total. The number of nitrogens with zero attached hydrogens (tertiary/aromatic N) is 1. The molecule has 0 amide bonds. The van der Waals surface area contributed by atoms with E-state index in [-0.39, 0.29) is 12.7 Å². The quantitative estimate of drug-likeness (QED) is 0.325. The Bertz CT molecular complexity index is 1090. The van der Waals surface area contributed by atoms with Gasteiger partial charge < -0.3 is 14.6 Å². The Morgan fingerprint density at radius 2 is 1.22 bits per heavy atom. The van der Waals surface area contributed by atoms with Crippen molar-refractivity contribution in [3.63, 3.8) is 0 Å². The van der Waals surface area contributed by atoms with E-state index in [4.69, 9.17) is 9.47 Å². The summed E-state index contributed by atoms with van der Waals surface area (Å²) >= 11 is 0. The summed E-state index contributed by atoms with van der Waals surface area (Å²) in [5, 5.41) is 10.5. The summed E-state index contributed by atoms with van der Waals surface area (Å²) in [6.07, 6.45) is -0.750. The van der Waals surface area contributed by atoms with Crippen LogP contribution in [-0.2, 0) is 15.0 Å². The van der Waals surface area contributed by atoms with Gasteiger partial charge >= 0.3 is 0 Å². The van der Waals surface area contributed by atoms with Crippen LogP contribution in [0.2, 0.25) is 0 Å². The molecule has 0 spiro atoms. The Kier molecular flexibility index (Phi) is 7.89. The predicted molar refractivity (Wildman–Crippen MR) is 143 cm³/mol. The molecule has 4 heteroatoms. The van der Waals surface area contributed by atoms with Crippen molar-refractivity contribution in [1.29, 1.82) is 0 Å². The topological polar surface area (TPSA) is 41.9 Å². The molecule has 0 unspecified atom stereocenters. The monoisotopic (exact) mass is 479 g/mol. The second kappa shape index (κ2) is 11.6. The van der Waals surface area contributed by atoms with Gasteiger partial charge in [-0.25, -0.2) is 0 Å². The van der Waals surface area contributed by atoms with Crippen molar-refractivity contribution in [1.82, 2.24) is 4.90 Å². The lowest BCUT2D eigenvalue weighted by Gasteiger charge is -2.48. The van der Waals surface area contributed by atoms with Gasteiger partial charge in [0, 0.05) is 13.1 Å². The van der Waals surface area contributed by atoms with Crippen molar-refractivity contribution < 1.29 is 14.6 Å². The van der Waals surface area contributed by atoms with Crippen molar-refractivity contribution in [2.45, 2.75) is 17.7 Å². The van der Waals surface area contributed by atoms with E-state index in [2.05, 4.69) is 95.9 Å². The Balaban J connectivity index is 1.43. The van der Waals surface area contributed by atoms with Crippen molar-refractivity contribution in [2.24, 2.45) is 0 Å². The molecule has 0 saturated carbocycles. The van der Waals surface area contributed by atoms with Crippen LogP contribution in [0, 0.1) is 0 Å². The third kappa shape index (κ3) is 5.13. The molecule has 2 atom stereocenters. The maximum absolute atomic E-state index is 10.5. The van der Waals surface area contributed by atoms with Crippen LogP contribution in [0.5, 0.6) is 0 Å². The minimum atomic E-state index is -0.650. The third-order valence-electron chi connectivity index (χ3n) is 6.95. The highest BCUT2D eigenvalue weighted by atomic mass is 16.5. The second-order valence-electron chi connectivity index (χ2n) is 9.21. The van der Waals surface area contributed by atoms with Crippen LogP contribution in [0.25, 0.3) is 0 Å². The fraction of sp³-hybridized carbons (Fsp3) is 0.250. The molecule has 1 aliphatic rings. The standard InChI is InChI=1S/C32H33NO3/c34-31(26-13-5-1-6-14-26)25-35-24-30-23-33(21-22-36-30)32(27-15-7-2-8-16-27,28-17-9-3-10-18-28)29-19-11-4-12-20-29/h1-20,30-31,34H,21-25H2/t30-,31+/m0/s1. The molecule has 5 rings (SSSR count). The molecule has 36 heavy (non-hydrogen) atoms. The molecule has 4 aromatic rings. The van der Waals surface area contributed by atoms with Crippen LogP contribution in [0.1, 0.15) is 28.4 Å².